The largest absolute Gasteiger partial charge is 0.369 e. The van der Waals surface area contributed by atoms with Gasteiger partial charge in [0, 0.05) is 18.6 Å². The van der Waals surface area contributed by atoms with Crippen LogP contribution in [0.15, 0.2) is 12.1 Å². The van der Waals surface area contributed by atoms with Crippen LogP contribution in [0.1, 0.15) is 31.7 Å². The van der Waals surface area contributed by atoms with Gasteiger partial charge in [-0.3, -0.25) is 0 Å². The van der Waals surface area contributed by atoms with Crippen LogP contribution in [0.25, 0.3) is 11.0 Å². The topological polar surface area (TPSA) is 47.1 Å². The van der Waals surface area contributed by atoms with E-state index in [1.165, 1.54) is 18.9 Å². The zero-order valence-electron chi connectivity index (χ0n) is 11.7. The SMILES string of the molecule is Nc1nc2ccc(F)c(F)c2n1C1CCN2CCCC2C1. The number of fused-ring (bicyclic) bond motifs is 2. The number of nitrogens with two attached hydrogens (primary N) is 1. The Morgan fingerprint density at radius 3 is 2.86 bits per heavy atom. The Bertz CT molecular complexity index is 697. The summed E-state index contributed by atoms with van der Waals surface area (Å²) in [6.45, 7) is 2.14. The van der Waals surface area contributed by atoms with E-state index in [0.717, 1.165) is 32.0 Å². The second kappa shape index (κ2) is 4.66. The Hall–Kier alpha value is -1.69. The molecule has 0 aliphatic carbocycles. The van der Waals surface area contributed by atoms with Crippen LogP contribution in [0.4, 0.5) is 14.7 Å². The van der Waals surface area contributed by atoms with E-state index in [9.17, 15) is 8.78 Å². The molecule has 2 aromatic rings. The van der Waals surface area contributed by atoms with Gasteiger partial charge in [0.05, 0.1) is 5.52 Å². The Kier molecular flexibility index (Phi) is 2.89. The van der Waals surface area contributed by atoms with E-state index in [1.807, 2.05) is 0 Å². The summed E-state index contributed by atoms with van der Waals surface area (Å²) in [6, 6.07) is 3.24. The maximum absolute atomic E-state index is 14.2. The van der Waals surface area contributed by atoms with Gasteiger partial charge in [0.1, 0.15) is 5.52 Å². The number of benzene rings is 1. The first-order chi connectivity index (χ1) is 10.1. The van der Waals surface area contributed by atoms with E-state index < -0.39 is 11.6 Å². The number of nitrogen functional groups attached to an aromatic ring is 1. The molecule has 2 aliphatic rings. The van der Waals surface area contributed by atoms with Crippen molar-refractivity contribution in [1.82, 2.24) is 14.5 Å². The number of halogens is 2. The Balaban J connectivity index is 1.79. The van der Waals surface area contributed by atoms with Gasteiger partial charge in [-0.2, -0.15) is 0 Å². The number of piperidine rings is 1. The number of nitrogens with zero attached hydrogens (tertiary/aromatic N) is 3. The van der Waals surface area contributed by atoms with Crippen LogP contribution in [0.5, 0.6) is 0 Å². The molecule has 1 aromatic carbocycles. The number of hydrogen-bond donors (Lipinski definition) is 1. The highest BCUT2D eigenvalue weighted by molar-refractivity contribution is 5.79. The van der Waals surface area contributed by atoms with Crippen molar-refractivity contribution in [1.29, 1.82) is 0 Å². The van der Waals surface area contributed by atoms with Crippen molar-refractivity contribution >= 4 is 17.0 Å². The standard InChI is InChI=1S/C15H18F2N4/c16-11-3-4-12-14(13(11)17)21(15(18)19-12)10-5-7-20-6-1-2-9(20)8-10/h3-4,9-10H,1-2,5-8H2,(H2,18,19). The number of imidazole rings is 1. The number of hydrogen-bond acceptors (Lipinski definition) is 3. The average molecular weight is 292 g/mol. The molecule has 112 valence electrons. The van der Waals surface area contributed by atoms with Gasteiger partial charge < -0.3 is 15.2 Å². The summed E-state index contributed by atoms with van der Waals surface area (Å²) < 4.78 is 29.5. The molecule has 0 spiro atoms. The van der Waals surface area contributed by atoms with Crippen LogP contribution in [0, 0.1) is 11.6 Å². The number of anilines is 1. The first-order valence-electron chi connectivity index (χ1n) is 7.50. The Morgan fingerprint density at radius 2 is 2.00 bits per heavy atom. The summed E-state index contributed by atoms with van der Waals surface area (Å²) in [6.07, 6.45) is 4.24. The molecule has 2 fully saturated rings. The van der Waals surface area contributed by atoms with E-state index in [0.29, 0.717) is 11.6 Å². The summed E-state index contributed by atoms with van der Waals surface area (Å²) in [5.74, 6) is -1.40. The molecule has 2 N–H and O–H groups in total. The number of rotatable bonds is 1. The zero-order valence-corrected chi connectivity index (χ0v) is 11.7. The van der Waals surface area contributed by atoms with Gasteiger partial charge in [-0.1, -0.05) is 0 Å². The fraction of sp³-hybridized carbons (Fsp3) is 0.533. The fourth-order valence-corrected chi connectivity index (χ4v) is 3.95. The predicted molar refractivity (Wildman–Crippen MR) is 76.9 cm³/mol. The second-order valence-corrected chi connectivity index (χ2v) is 6.08. The monoisotopic (exact) mass is 292 g/mol. The molecule has 4 rings (SSSR count). The van der Waals surface area contributed by atoms with Crippen LogP contribution in [0.2, 0.25) is 0 Å². The molecule has 0 radical (unpaired) electrons. The van der Waals surface area contributed by atoms with Gasteiger partial charge in [-0.25, -0.2) is 13.8 Å². The summed E-state index contributed by atoms with van der Waals surface area (Å²) in [5.41, 5.74) is 6.63. The van der Waals surface area contributed by atoms with Crippen LogP contribution in [-0.4, -0.2) is 33.6 Å². The van der Waals surface area contributed by atoms with Crippen molar-refractivity contribution in [2.24, 2.45) is 0 Å². The van der Waals surface area contributed by atoms with Crippen LogP contribution in [-0.2, 0) is 0 Å². The van der Waals surface area contributed by atoms with Gasteiger partial charge >= 0.3 is 0 Å². The third kappa shape index (κ3) is 1.92. The third-order valence-electron chi connectivity index (χ3n) is 4.93. The lowest BCUT2D eigenvalue weighted by molar-refractivity contribution is 0.158. The van der Waals surface area contributed by atoms with E-state index >= 15 is 0 Å². The minimum atomic E-state index is -0.845. The quantitative estimate of drug-likeness (QED) is 0.879. The molecule has 0 bridgehead atoms. The van der Waals surface area contributed by atoms with Crippen LogP contribution < -0.4 is 5.73 Å². The summed E-state index contributed by atoms with van der Waals surface area (Å²) in [5, 5.41) is 0. The maximum Gasteiger partial charge on any atom is 0.201 e. The van der Waals surface area contributed by atoms with Crippen molar-refractivity contribution in [3.63, 3.8) is 0 Å². The maximum atomic E-state index is 14.2. The van der Waals surface area contributed by atoms with Gasteiger partial charge in [-0.05, 0) is 44.4 Å². The second-order valence-electron chi connectivity index (χ2n) is 6.08. The molecule has 2 unspecified atom stereocenters. The van der Waals surface area contributed by atoms with E-state index in [4.69, 9.17) is 5.73 Å². The Morgan fingerprint density at radius 1 is 1.14 bits per heavy atom. The summed E-state index contributed by atoms with van der Waals surface area (Å²) >= 11 is 0. The lowest BCUT2D eigenvalue weighted by atomic mass is 9.97. The summed E-state index contributed by atoms with van der Waals surface area (Å²) in [4.78, 5) is 6.69. The van der Waals surface area contributed by atoms with Gasteiger partial charge in [0.15, 0.2) is 11.6 Å². The van der Waals surface area contributed by atoms with E-state index in [1.54, 1.807) is 4.57 Å². The first-order valence-corrected chi connectivity index (χ1v) is 7.50. The lowest BCUT2D eigenvalue weighted by Gasteiger charge is -2.35. The van der Waals surface area contributed by atoms with Crippen molar-refractivity contribution < 1.29 is 8.78 Å². The minimum Gasteiger partial charge on any atom is -0.369 e. The van der Waals surface area contributed by atoms with E-state index in [2.05, 4.69) is 9.88 Å². The highest BCUT2D eigenvalue weighted by atomic mass is 19.2. The molecule has 6 heteroatoms. The van der Waals surface area contributed by atoms with Gasteiger partial charge in [0.2, 0.25) is 5.95 Å². The average Bonchev–Trinajstić information content (AvgIpc) is 3.06. The third-order valence-corrected chi connectivity index (χ3v) is 4.93. The normalized spacial score (nSPS) is 26.4. The molecule has 0 saturated carbocycles. The first kappa shape index (κ1) is 13.0. The smallest absolute Gasteiger partial charge is 0.201 e. The lowest BCUT2D eigenvalue weighted by Crippen LogP contribution is -2.38. The number of aromatic nitrogens is 2. The highest BCUT2D eigenvalue weighted by Gasteiger charge is 2.34. The molecule has 1 aromatic heterocycles. The molecule has 2 atom stereocenters. The Labute approximate surface area is 121 Å². The minimum absolute atomic E-state index is 0.102. The van der Waals surface area contributed by atoms with Crippen molar-refractivity contribution in [3.8, 4) is 0 Å². The summed E-state index contributed by atoms with van der Waals surface area (Å²) in [7, 11) is 0. The van der Waals surface area contributed by atoms with Gasteiger partial charge in [-0.15, -0.1) is 0 Å². The van der Waals surface area contributed by atoms with Crippen LogP contribution in [0.3, 0.4) is 0 Å². The van der Waals surface area contributed by atoms with Gasteiger partial charge in [0.25, 0.3) is 0 Å². The van der Waals surface area contributed by atoms with Crippen LogP contribution >= 0.6 is 0 Å². The molecule has 3 heterocycles. The molecule has 4 nitrogen and oxygen atoms in total. The van der Waals surface area contributed by atoms with E-state index in [-0.39, 0.29) is 17.5 Å². The molecule has 0 amide bonds. The zero-order chi connectivity index (χ0) is 14.6. The predicted octanol–water partition coefficient (Wildman–Crippen LogP) is 2.70. The molecule has 2 saturated heterocycles. The van der Waals surface area contributed by atoms with Crippen molar-refractivity contribution in [2.45, 2.75) is 37.8 Å². The fourth-order valence-electron chi connectivity index (χ4n) is 3.95. The molecule has 2 aliphatic heterocycles. The van der Waals surface area contributed by atoms with Crippen molar-refractivity contribution in [2.75, 3.05) is 18.8 Å². The highest BCUT2D eigenvalue weighted by Crippen LogP contribution is 2.37. The van der Waals surface area contributed by atoms with Crippen molar-refractivity contribution in [3.05, 3.63) is 23.8 Å². The molecule has 21 heavy (non-hydrogen) atoms. The molecular weight excluding hydrogens is 274 g/mol. The molecular formula is C15H18F2N4.